The van der Waals surface area contributed by atoms with E-state index in [1.54, 1.807) is 0 Å². The smallest absolute Gasteiger partial charge is 0.224 e. The molecule has 1 heterocycles. The summed E-state index contributed by atoms with van der Waals surface area (Å²) < 4.78 is 0. The van der Waals surface area contributed by atoms with Crippen LogP contribution in [0.25, 0.3) is 0 Å². The second-order valence-corrected chi connectivity index (χ2v) is 5.97. The molecule has 1 aliphatic rings. The summed E-state index contributed by atoms with van der Waals surface area (Å²) >= 11 is 1.99. The predicted molar refractivity (Wildman–Crippen MR) is 79.5 cm³/mol. The van der Waals surface area contributed by atoms with Gasteiger partial charge < -0.3 is 10.6 Å². The van der Waals surface area contributed by atoms with Gasteiger partial charge in [-0.15, -0.1) is 0 Å². The van der Waals surface area contributed by atoms with Gasteiger partial charge in [0.25, 0.3) is 0 Å². The van der Waals surface area contributed by atoms with Crippen LogP contribution in [0.15, 0.2) is 6.07 Å². The Kier molecular flexibility index (Phi) is 4.69. The van der Waals surface area contributed by atoms with Gasteiger partial charge in [0.15, 0.2) is 0 Å². The van der Waals surface area contributed by atoms with Gasteiger partial charge in [-0.3, -0.25) is 0 Å². The summed E-state index contributed by atoms with van der Waals surface area (Å²) in [5.41, 5.74) is 0.995. The van der Waals surface area contributed by atoms with Gasteiger partial charge in [0.1, 0.15) is 5.82 Å². The van der Waals surface area contributed by atoms with E-state index < -0.39 is 0 Å². The fourth-order valence-electron chi connectivity index (χ4n) is 2.45. The van der Waals surface area contributed by atoms with Crippen LogP contribution in [-0.4, -0.2) is 34.6 Å². The summed E-state index contributed by atoms with van der Waals surface area (Å²) in [5.74, 6) is 1.63. The quantitative estimate of drug-likeness (QED) is 0.877. The summed E-state index contributed by atoms with van der Waals surface area (Å²) in [7, 11) is 1.85. The molecular formula is C13H22N4S. The van der Waals surface area contributed by atoms with Crippen molar-refractivity contribution in [3.05, 3.63) is 11.8 Å². The second kappa shape index (κ2) is 6.27. The van der Waals surface area contributed by atoms with Gasteiger partial charge in [-0.1, -0.05) is 6.42 Å². The van der Waals surface area contributed by atoms with E-state index in [2.05, 4.69) is 26.9 Å². The first-order valence-electron chi connectivity index (χ1n) is 6.54. The Bertz CT molecular complexity index is 397. The SMILES string of the molecule is CNc1nc(C)cc(NC2CCCC(SC)C2)n1. The minimum absolute atomic E-state index is 0.551. The summed E-state index contributed by atoms with van der Waals surface area (Å²) in [5, 5.41) is 7.35. The topological polar surface area (TPSA) is 49.8 Å². The van der Waals surface area contributed by atoms with E-state index in [4.69, 9.17) is 0 Å². The number of nitrogens with zero attached hydrogens (tertiary/aromatic N) is 2. The molecule has 100 valence electrons. The van der Waals surface area contributed by atoms with Crippen LogP contribution in [-0.2, 0) is 0 Å². The van der Waals surface area contributed by atoms with Crippen LogP contribution in [0.1, 0.15) is 31.4 Å². The van der Waals surface area contributed by atoms with Crippen molar-refractivity contribution in [2.24, 2.45) is 0 Å². The molecule has 0 amide bonds. The Morgan fingerprint density at radius 3 is 2.89 bits per heavy atom. The Morgan fingerprint density at radius 2 is 2.17 bits per heavy atom. The van der Waals surface area contributed by atoms with Crippen LogP contribution in [0.3, 0.4) is 0 Å². The molecular weight excluding hydrogens is 244 g/mol. The number of thioether (sulfide) groups is 1. The van der Waals surface area contributed by atoms with Gasteiger partial charge in [-0.2, -0.15) is 16.7 Å². The molecule has 2 N–H and O–H groups in total. The summed E-state index contributed by atoms with van der Waals surface area (Å²) in [6.45, 7) is 2.00. The van der Waals surface area contributed by atoms with Crippen molar-refractivity contribution >= 4 is 23.5 Å². The van der Waals surface area contributed by atoms with Crippen LogP contribution < -0.4 is 10.6 Å². The van der Waals surface area contributed by atoms with E-state index in [1.165, 1.54) is 25.7 Å². The van der Waals surface area contributed by atoms with E-state index in [0.29, 0.717) is 12.0 Å². The molecule has 0 radical (unpaired) electrons. The molecule has 0 saturated heterocycles. The van der Waals surface area contributed by atoms with Gasteiger partial charge in [0.2, 0.25) is 5.95 Å². The molecule has 5 heteroatoms. The van der Waals surface area contributed by atoms with Crippen molar-refractivity contribution in [1.82, 2.24) is 9.97 Å². The Balaban J connectivity index is 2.02. The Hall–Kier alpha value is -0.970. The van der Waals surface area contributed by atoms with E-state index >= 15 is 0 Å². The zero-order valence-electron chi connectivity index (χ0n) is 11.4. The molecule has 2 rings (SSSR count). The summed E-state index contributed by atoms with van der Waals surface area (Å²) in [4.78, 5) is 8.77. The molecule has 0 aliphatic heterocycles. The maximum atomic E-state index is 4.46. The van der Waals surface area contributed by atoms with Gasteiger partial charge in [-0.05, 0) is 32.4 Å². The van der Waals surface area contributed by atoms with Crippen LogP contribution in [0.5, 0.6) is 0 Å². The average Bonchev–Trinajstić information content (AvgIpc) is 2.38. The third-order valence-electron chi connectivity index (χ3n) is 3.39. The Morgan fingerprint density at radius 1 is 1.33 bits per heavy atom. The molecule has 1 saturated carbocycles. The van der Waals surface area contributed by atoms with Crippen molar-refractivity contribution in [1.29, 1.82) is 0 Å². The van der Waals surface area contributed by atoms with Crippen LogP contribution >= 0.6 is 11.8 Å². The largest absolute Gasteiger partial charge is 0.367 e. The predicted octanol–water partition coefficient (Wildman–Crippen LogP) is 2.91. The highest BCUT2D eigenvalue weighted by Crippen LogP contribution is 2.28. The Labute approximate surface area is 113 Å². The number of nitrogens with one attached hydrogen (secondary N) is 2. The van der Waals surface area contributed by atoms with Crippen molar-refractivity contribution in [2.45, 2.75) is 43.9 Å². The molecule has 4 nitrogen and oxygen atoms in total. The average molecular weight is 266 g/mol. The minimum Gasteiger partial charge on any atom is -0.367 e. The van der Waals surface area contributed by atoms with Crippen molar-refractivity contribution in [3.63, 3.8) is 0 Å². The number of rotatable bonds is 4. The van der Waals surface area contributed by atoms with E-state index in [0.717, 1.165) is 16.8 Å². The maximum absolute atomic E-state index is 4.46. The molecule has 2 unspecified atom stereocenters. The zero-order valence-corrected chi connectivity index (χ0v) is 12.2. The zero-order chi connectivity index (χ0) is 13.0. The highest BCUT2D eigenvalue weighted by Gasteiger charge is 2.21. The lowest BCUT2D eigenvalue weighted by atomic mass is 9.95. The first-order chi connectivity index (χ1) is 8.71. The third-order valence-corrected chi connectivity index (χ3v) is 4.48. The molecule has 1 aliphatic carbocycles. The summed E-state index contributed by atoms with van der Waals surface area (Å²) in [6, 6.07) is 2.57. The fourth-order valence-corrected chi connectivity index (χ4v) is 3.28. The van der Waals surface area contributed by atoms with Gasteiger partial charge in [0.05, 0.1) is 0 Å². The minimum atomic E-state index is 0.551. The standard InChI is InChI=1S/C13H22N4S/c1-9-7-12(17-13(14-2)15-9)16-10-5-4-6-11(8-10)18-3/h7,10-11H,4-6,8H2,1-3H3,(H2,14,15,16,17). The van der Waals surface area contributed by atoms with Crippen LogP contribution in [0, 0.1) is 6.92 Å². The summed E-state index contributed by atoms with van der Waals surface area (Å²) in [6.07, 6.45) is 7.35. The maximum Gasteiger partial charge on any atom is 0.224 e. The highest BCUT2D eigenvalue weighted by molar-refractivity contribution is 7.99. The van der Waals surface area contributed by atoms with Gasteiger partial charge >= 0.3 is 0 Å². The lowest BCUT2D eigenvalue weighted by molar-refractivity contribution is 0.472. The second-order valence-electron chi connectivity index (χ2n) is 4.83. The third kappa shape index (κ3) is 3.51. The number of aryl methyl sites for hydroxylation is 1. The normalized spacial score (nSPS) is 23.7. The van der Waals surface area contributed by atoms with E-state index in [1.807, 2.05) is 31.8 Å². The molecule has 0 spiro atoms. The number of hydrogen-bond acceptors (Lipinski definition) is 5. The van der Waals surface area contributed by atoms with Crippen LogP contribution in [0.4, 0.5) is 11.8 Å². The number of aromatic nitrogens is 2. The lowest BCUT2D eigenvalue weighted by Gasteiger charge is -2.29. The monoisotopic (exact) mass is 266 g/mol. The lowest BCUT2D eigenvalue weighted by Crippen LogP contribution is -2.29. The molecule has 0 aromatic carbocycles. The number of anilines is 2. The highest BCUT2D eigenvalue weighted by atomic mass is 32.2. The first kappa shape index (κ1) is 13.5. The number of hydrogen-bond donors (Lipinski definition) is 2. The molecule has 1 fully saturated rings. The van der Waals surface area contributed by atoms with E-state index in [-0.39, 0.29) is 0 Å². The fraction of sp³-hybridized carbons (Fsp3) is 0.692. The molecule has 1 aromatic heterocycles. The van der Waals surface area contributed by atoms with Crippen molar-refractivity contribution in [2.75, 3.05) is 23.9 Å². The molecule has 18 heavy (non-hydrogen) atoms. The first-order valence-corrected chi connectivity index (χ1v) is 7.83. The van der Waals surface area contributed by atoms with Crippen molar-refractivity contribution in [3.8, 4) is 0 Å². The van der Waals surface area contributed by atoms with E-state index in [9.17, 15) is 0 Å². The molecule has 2 atom stereocenters. The molecule has 0 bridgehead atoms. The molecule has 1 aromatic rings. The van der Waals surface area contributed by atoms with Crippen LogP contribution in [0.2, 0.25) is 0 Å². The van der Waals surface area contributed by atoms with Gasteiger partial charge in [-0.25, -0.2) is 4.98 Å². The van der Waals surface area contributed by atoms with Gasteiger partial charge in [0, 0.05) is 30.1 Å². The van der Waals surface area contributed by atoms with Crippen molar-refractivity contribution < 1.29 is 0 Å².